The Labute approximate surface area is 210 Å². The Hall–Kier alpha value is -3.71. The molecule has 1 atom stereocenters. The van der Waals surface area contributed by atoms with Crippen LogP contribution < -0.4 is 24.8 Å². The number of para-hydroxylation sites is 1. The zero-order chi connectivity index (χ0) is 25.2. The minimum atomic E-state index is -0.741. The maximum atomic E-state index is 12.9. The summed E-state index contributed by atoms with van der Waals surface area (Å²) in [6.45, 7) is 2.26. The number of benzene rings is 3. The van der Waals surface area contributed by atoms with Crippen molar-refractivity contribution in [3.63, 3.8) is 0 Å². The Morgan fingerprint density at radius 3 is 2.43 bits per heavy atom. The molecule has 0 fully saturated rings. The molecule has 3 rings (SSSR count). The van der Waals surface area contributed by atoms with Crippen molar-refractivity contribution in [2.75, 3.05) is 26.1 Å². The third kappa shape index (κ3) is 7.13. The van der Waals surface area contributed by atoms with Crippen LogP contribution in [0.25, 0.3) is 0 Å². The number of anilines is 1. The van der Waals surface area contributed by atoms with E-state index in [1.807, 2.05) is 25.1 Å². The second-order valence-electron chi connectivity index (χ2n) is 7.70. The molecule has 0 saturated carbocycles. The molecule has 0 aliphatic heterocycles. The van der Waals surface area contributed by atoms with Gasteiger partial charge in [-0.1, -0.05) is 42.8 Å². The number of hydrogen-bond acceptors (Lipinski definition) is 5. The predicted molar refractivity (Wildman–Crippen MR) is 137 cm³/mol. The molecule has 0 saturated heterocycles. The lowest BCUT2D eigenvalue weighted by Crippen LogP contribution is -2.33. The van der Waals surface area contributed by atoms with Gasteiger partial charge in [-0.3, -0.25) is 9.59 Å². The van der Waals surface area contributed by atoms with Gasteiger partial charge in [0.25, 0.3) is 11.8 Å². The molecule has 3 aromatic rings. The van der Waals surface area contributed by atoms with E-state index in [9.17, 15) is 9.59 Å². The van der Waals surface area contributed by atoms with Gasteiger partial charge in [0, 0.05) is 11.6 Å². The fourth-order valence-electron chi connectivity index (χ4n) is 3.48. The highest BCUT2D eigenvalue weighted by Crippen LogP contribution is 2.27. The fraction of sp³-hybridized carbons (Fsp3) is 0.259. The van der Waals surface area contributed by atoms with Crippen LogP contribution in [0.3, 0.4) is 0 Å². The topological polar surface area (TPSA) is 85.9 Å². The number of carbonyl (C=O) groups excluding carboxylic acids is 2. The van der Waals surface area contributed by atoms with Crippen LogP contribution in [-0.4, -0.2) is 38.7 Å². The van der Waals surface area contributed by atoms with Gasteiger partial charge in [0.05, 0.1) is 25.5 Å². The van der Waals surface area contributed by atoms with Crippen LogP contribution in [0.4, 0.5) is 5.69 Å². The number of methoxy groups -OCH3 is 2. The molecule has 2 N–H and O–H groups in total. The molecule has 0 aliphatic carbocycles. The Balaban J connectivity index is 1.62. The zero-order valence-electron chi connectivity index (χ0n) is 20.0. The van der Waals surface area contributed by atoms with Crippen LogP contribution in [0.1, 0.15) is 29.3 Å². The van der Waals surface area contributed by atoms with Crippen molar-refractivity contribution >= 4 is 29.1 Å². The molecule has 2 amide bonds. The van der Waals surface area contributed by atoms with E-state index in [1.54, 1.807) is 62.8 Å². The number of carbonyl (C=O) groups is 2. The monoisotopic (exact) mass is 496 g/mol. The van der Waals surface area contributed by atoms with Gasteiger partial charge in [-0.2, -0.15) is 0 Å². The molecular formula is C27H29ClN2O5. The Bertz CT molecular complexity index is 1170. The summed E-state index contributed by atoms with van der Waals surface area (Å²) in [6, 6.07) is 19.4. The van der Waals surface area contributed by atoms with Gasteiger partial charge in [-0.05, 0) is 60.9 Å². The van der Waals surface area contributed by atoms with Crippen molar-refractivity contribution in [2.24, 2.45) is 0 Å². The molecule has 7 nitrogen and oxygen atoms in total. The molecule has 3 aromatic carbocycles. The predicted octanol–water partition coefficient (Wildman–Crippen LogP) is 5.13. The smallest absolute Gasteiger partial charge is 0.265 e. The summed E-state index contributed by atoms with van der Waals surface area (Å²) in [5.41, 5.74) is 1.77. The average molecular weight is 497 g/mol. The van der Waals surface area contributed by atoms with Crippen molar-refractivity contribution in [3.05, 3.63) is 82.9 Å². The number of amides is 2. The normalized spacial score (nSPS) is 11.3. The van der Waals surface area contributed by atoms with Crippen LogP contribution in [-0.2, 0) is 11.2 Å². The Morgan fingerprint density at radius 2 is 1.71 bits per heavy atom. The highest BCUT2D eigenvalue weighted by atomic mass is 35.5. The van der Waals surface area contributed by atoms with Gasteiger partial charge in [0.1, 0.15) is 5.75 Å². The second-order valence-corrected chi connectivity index (χ2v) is 8.14. The number of rotatable bonds is 11. The maximum absolute atomic E-state index is 12.9. The third-order valence-corrected chi connectivity index (χ3v) is 5.55. The molecule has 8 heteroatoms. The van der Waals surface area contributed by atoms with E-state index in [4.69, 9.17) is 25.8 Å². The summed E-state index contributed by atoms with van der Waals surface area (Å²) in [7, 11) is 3.16. The van der Waals surface area contributed by atoms with Crippen molar-refractivity contribution in [1.29, 1.82) is 0 Å². The summed E-state index contributed by atoms with van der Waals surface area (Å²) in [5.74, 6) is 1.15. The first-order valence-electron chi connectivity index (χ1n) is 11.3. The van der Waals surface area contributed by atoms with Crippen LogP contribution in [0.2, 0.25) is 5.02 Å². The number of hydrogen-bond donors (Lipinski definition) is 2. The first kappa shape index (κ1) is 25.9. The lowest BCUT2D eigenvalue weighted by molar-refractivity contribution is -0.122. The van der Waals surface area contributed by atoms with Gasteiger partial charge in [-0.25, -0.2) is 0 Å². The van der Waals surface area contributed by atoms with Crippen LogP contribution >= 0.6 is 11.6 Å². The van der Waals surface area contributed by atoms with E-state index in [-0.39, 0.29) is 11.8 Å². The first-order valence-corrected chi connectivity index (χ1v) is 11.6. The molecule has 0 aromatic heterocycles. The van der Waals surface area contributed by atoms with Gasteiger partial charge in [-0.15, -0.1) is 0 Å². The molecule has 35 heavy (non-hydrogen) atoms. The van der Waals surface area contributed by atoms with Crippen LogP contribution in [0.15, 0.2) is 66.7 Å². The quantitative estimate of drug-likeness (QED) is 0.384. The summed E-state index contributed by atoms with van der Waals surface area (Å²) in [4.78, 5) is 25.8. The number of halogens is 1. The summed E-state index contributed by atoms with van der Waals surface area (Å²) < 4.78 is 16.4. The Kier molecular flexibility index (Phi) is 9.38. The molecular weight excluding hydrogens is 468 g/mol. The van der Waals surface area contributed by atoms with Gasteiger partial charge >= 0.3 is 0 Å². The van der Waals surface area contributed by atoms with Crippen molar-refractivity contribution in [3.8, 4) is 17.2 Å². The maximum Gasteiger partial charge on any atom is 0.265 e. The molecule has 0 aliphatic rings. The van der Waals surface area contributed by atoms with Crippen molar-refractivity contribution in [1.82, 2.24) is 5.32 Å². The zero-order valence-corrected chi connectivity index (χ0v) is 20.7. The van der Waals surface area contributed by atoms with Gasteiger partial charge in [0.2, 0.25) is 0 Å². The summed E-state index contributed by atoms with van der Waals surface area (Å²) in [5, 5.41) is 6.25. The SMILES string of the molecule is CC[C@@H](Oc1cccc(Cl)c1)C(=O)Nc1ccccc1C(=O)NCCc1ccc(OC)c(OC)c1. The van der Waals surface area contributed by atoms with Gasteiger partial charge in [0.15, 0.2) is 17.6 Å². The minimum absolute atomic E-state index is 0.287. The molecule has 0 heterocycles. The van der Waals surface area contributed by atoms with E-state index >= 15 is 0 Å². The molecule has 184 valence electrons. The van der Waals surface area contributed by atoms with E-state index in [0.29, 0.717) is 52.9 Å². The standard InChI is InChI=1S/C27H29ClN2O5/c1-4-23(35-20-9-7-8-19(28)17-20)27(32)30-22-11-6-5-10-21(22)26(31)29-15-14-18-12-13-24(33-2)25(16-18)34-3/h5-13,16-17,23H,4,14-15H2,1-3H3,(H,29,31)(H,30,32)/t23-/m1/s1. The third-order valence-electron chi connectivity index (χ3n) is 5.31. The lowest BCUT2D eigenvalue weighted by atomic mass is 10.1. The second kappa shape index (κ2) is 12.7. The molecule has 0 bridgehead atoms. The van der Waals surface area contributed by atoms with Crippen LogP contribution in [0, 0.1) is 0 Å². The van der Waals surface area contributed by atoms with E-state index in [0.717, 1.165) is 5.56 Å². The molecule has 0 unspecified atom stereocenters. The summed E-state index contributed by atoms with van der Waals surface area (Å²) >= 11 is 6.01. The number of nitrogens with one attached hydrogen (secondary N) is 2. The Morgan fingerprint density at radius 1 is 0.943 bits per heavy atom. The largest absolute Gasteiger partial charge is 0.493 e. The van der Waals surface area contributed by atoms with E-state index in [1.165, 1.54) is 0 Å². The molecule has 0 spiro atoms. The van der Waals surface area contributed by atoms with Crippen LogP contribution in [0.5, 0.6) is 17.2 Å². The van der Waals surface area contributed by atoms with Gasteiger partial charge < -0.3 is 24.8 Å². The highest BCUT2D eigenvalue weighted by Gasteiger charge is 2.21. The lowest BCUT2D eigenvalue weighted by Gasteiger charge is -2.18. The van der Waals surface area contributed by atoms with E-state index < -0.39 is 6.10 Å². The average Bonchev–Trinajstić information content (AvgIpc) is 2.87. The van der Waals surface area contributed by atoms with Crippen molar-refractivity contribution < 1.29 is 23.8 Å². The van der Waals surface area contributed by atoms with Crippen molar-refractivity contribution in [2.45, 2.75) is 25.9 Å². The van der Waals surface area contributed by atoms with E-state index in [2.05, 4.69) is 10.6 Å². The summed E-state index contributed by atoms with van der Waals surface area (Å²) in [6.07, 6.45) is 0.305. The highest BCUT2D eigenvalue weighted by molar-refractivity contribution is 6.30. The fourth-order valence-corrected chi connectivity index (χ4v) is 3.66. The molecule has 0 radical (unpaired) electrons. The number of ether oxygens (including phenoxy) is 3. The first-order chi connectivity index (χ1) is 16.9. The minimum Gasteiger partial charge on any atom is -0.493 e.